The van der Waals surface area contributed by atoms with Crippen molar-refractivity contribution in [3.8, 4) is 0 Å². The molecule has 1 heterocycles. The molecule has 5 nitrogen and oxygen atoms in total. The minimum atomic E-state index is -0.128. The predicted octanol–water partition coefficient (Wildman–Crippen LogP) is 1.15. The molecule has 3 N–H and O–H groups in total. The van der Waals surface area contributed by atoms with Gasteiger partial charge in [0.2, 0.25) is 0 Å². The van der Waals surface area contributed by atoms with Gasteiger partial charge in [-0.1, -0.05) is 6.07 Å². The predicted molar refractivity (Wildman–Crippen MR) is 73.7 cm³/mol. The molecule has 5 heteroatoms. The van der Waals surface area contributed by atoms with Crippen LogP contribution in [0.4, 0.5) is 11.4 Å². The third-order valence-electron chi connectivity index (χ3n) is 3.65. The van der Waals surface area contributed by atoms with Gasteiger partial charge in [-0.3, -0.25) is 4.79 Å². The van der Waals surface area contributed by atoms with Crippen molar-refractivity contribution in [1.82, 2.24) is 0 Å². The molecule has 0 radical (unpaired) electrons. The Hall–Kier alpha value is -1.75. The highest BCUT2D eigenvalue weighted by Gasteiger charge is 2.26. The second kappa shape index (κ2) is 5.93. The van der Waals surface area contributed by atoms with E-state index in [-0.39, 0.29) is 18.5 Å². The Morgan fingerprint density at radius 3 is 2.74 bits per heavy atom. The van der Waals surface area contributed by atoms with E-state index >= 15 is 0 Å². The van der Waals surface area contributed by atoms with Gasteiger partial charge in [0.05, 0.1) is 31.0 Å². The van der Waals surface area contributed by atoms with E-state index < -0.39 is 0 Å². The highest BCUT2D eigenvalue weighted by atomic mass is 16.5. The number of benzene rings is 1. The van der Waals surface area contributed by atoms with E-state index in [1.165, 1.54) is 7.11 Å². The number of piperidine rings is 1. The van der Waals surface area contributed by atoms with Gasteiger partial charge in [0.1, 0.15) is 0 Å². The summed E-state index contributed by atoms with van der Waals surface area (Å²) >= 11 is 0. The smallest absolute Gasteiger partial charge is 0.308 e. The fourth-order valence-electron chi connectivity index (χ4n) is 2.48. The van der Waals surface area contributed by atoms with E-state index in [9.17, 15) is 9.90 Å². The Morgan fingerprint density at radius 2 is 2.16 bits per heavy atom. The molecule has 0 aliphatic carbocycles. The number of rotatable bonds is 3. The van der Waals surface area contributed by atoms with Gasteiger partial charge in [0.15, 0.2) is 0 Å². The van der Waals surface area contributed by atoms with E-state index in [2.05, 4.69) is 4.90 Å². The van der Waals surface area contributed by atoms with Crippen LogP contribution in [-0.2, 0) is 16.1 Å². The lowest BCUT2D eigenvalue weighted by Gasteiger charge is -2.33. The SMILES string of the molecule is COC(=O)C1CCN(c2cc(CO)ccc2N)CC1. The lowest BCUT2D eigenvalue weighted by atomic mass is 9.96. The first kappa shape index (κ1) is 13.7. The Kier molecular flexibility index (Phi) is 4.27. The van der Waals surface area contributed by atoms with Crippen LogP contribution in [0.25, 0.3) is 0 Å². The van der Waals surface area contributed by atoms with Crippen LogP contribution in [0.1, 0.15) is 18.4 Å². The molecule has 2 rings (SSSR count). The molecule has 1 aromatic rings. The van der Waals surface area contributed by atoms with Gasteiger partial charge < -0.3 is 20.5 Å². The molecule has 1 aliphatic rings. The van der Waals surface area contributed by atoms with Gasteiger partial charge in [-0.15, -0.1) is 0 Å². The highest BCUT2D eigenvalue weighted by molar-refractivity contribution is 5.73. The maximum atomic E-state index is 11.5. The number of aliphatic hydroxyl groups excluding tert-OH is 1. The summed E-state index contributed by atoms with van der Waals surface area (Å²) in [6.45, 7) is 1.56. The molecule has 1 saturated heterocycles. The number of hydrogen-bond donors (Lipinski definition) is 2. The number of esters is 1. The number of nitrogen functional groups attached to an aromatic ring is 1. The average molecular weight is 264 g/mol. The van der Waals surface area contributed by atoms with Crippen LogP contribution in [-0.4, -0.2) is 31.3 Å². The Labute approximate surface area is 113 Å². The van der Waals surface area contributed by atoms with Crippen molar-refractivity contribution >= 4 is 17.3 Å². The van der Waals surface area contributed by atoms with Gasteiger partial charge in [0.25, 0.3) is 0 Å². The van der Waals surface area contributed by atoms with Gasteiger partial charge >= 0.3 is 5.97 Å². The molecule has 0 spiro atoms. The van der Waals surface area contributed by atoms with Gasteiger partial charge in [-0.25, -0.2) is 0 Å². The number of ether oxygens (including phenoxy) is 1. The topological polar surface area (TPSA) is 75.8 Å². The average Bonchev–Trinajstić information content (AvgIpc) is 2.47. The van der Waals surface area contributed by atoms with Crippen molar-refractivity contribution in [3.05, 3.63) is 23.8 Å². The fraction of sp³-hybridized carbons (Fsp3) is 0.500. The lowest BCUT2D eigenvalue weighted by Crippen LogP contribution is -2.37. The number of carbonyl (C=O) groups excluding carboxylic acids is 1. The third-order valence-corrected chi connectivity index (χ3v) is 3.65. The summed E-state index contributed by atoms with van der Waals surface area (Å²) in [6.07, 6.45) is 1.55. The molecule has 0 aromatic heterocycles. The molecule has 1 aromatic carbocycles. The molecular weight excluding hydrogens is 244 g/mol. The highest BCUT2D eigenvalue weighted by Crippen LogP contribution is 2.29. The number of methoxy groups -OCH3 is 1. The Balaban J connectivity index is 2.07. The molecule has 0 unspecified atom stereocenters. The van der Waals surface area contributed by atoms with Crippen LogP contribution in [0, 0.1) is 5.92 Å². The Morgan fingerprint density at radius 1 is 1.47 bits per heavy atom. The van der Waals surface area contributed by atoms with E-state index in [0.29, 0.717) is 5.69 Å². The number of anilines is 2. The molecule has 19 heavy (non-hydrogen) atoms. The number of aliphatic hydroxyl groups is 1. The van der Waals surface area contributed by atoms with Crippen LogP contribution < -0.4 is 10.6 Å². The summed E-state index contributed by atoms with van der Waals surface area (Å²) < 4.78 is 4.78. The van der Waals surface area contributed by atoms with Crippen molar-refractivity contribution in [2.24, 2.45) is 5.92 Å². The van der Waals surface area contributed by atoms with Crippen molar-refractivity contribution in [1.29, 1.82) is 0 Å². The first-order valence-electron chi connectivity index (χ1n) is 6.47. The fourth-order valence-corrected chi connectivity index (χ4v) is 2.48. The number of nitrogens with two attached hydrogens (primary N) is 1. The van der Waals surface area contributed by atoms with Crippen molar-refractivity contribution in [2.45, 2.75) is 19.4 Å². The second-order valence-electron chi connectivity index (χ2n) is 4.84. The second-order valence-corrected chi connectivity index (χ2v) is 4.84. The Bertz CT molecular complexity index is 454. The van der Waals surface area contributed by atoms with Crippen LogP contribution in [0.15, 0.2) is 18.2 Å². The monoisotopic (exact) mass is 264 g/mol. The maximum absolute atomic E-state index is 11.5. The maximum Gasteiger partial charge on any atom is 0.308 e. The van der Waals surface area contributed by atoms with Gasteiger partial charge in [-0.05, 0) is 30.5 Å². The van der Waals surface area contributed by atoms with Gasteiger partial charge in [-0.2, -0.15) is 0 Å². The summed E-state index contributed by atoms with van der Waals surface area (Å²) in [5, 5.41) is 9.18. The lowest BCUT2D eigenvalue weighted by molar-refractivity contribution is -0.146. The number of hydrogen-bond acceptors (Lipinski definition) is 5. The van der Waals surface area contributed by atoms with Crippen LogP contribution in [0.3, 0.4) is 0 Å². The summed E-state index contributed by atoms with van der Waals surface area (Å²) in [7, 11) is 1.43. The number of nitrogens with zero attached hydrogens (tertiary/aromatic N) is 1. The summed E-state index contributed by atoms with van der Waals surface area (Å²) in [4.78, 5) is 13.6. The van der Waals surface area contributed by atoms with Crippen LogP contribution in [0.5, 0.6) is 0 Å². The van der Waals surface area contributed by atoms with E-state index in [1.54, 1.807) is 0 Å². The van der Waals surface area contributed by atoms with Crippen molar-refractivity contribution in [2.75, 3.05) is 30.8 Å². The van der Waals surface area contributed by atoms with E-state index in [4.69, 9.17) is 10.5 Å². The summed E-state index contributed by atoms with van der Waals surface area (Å²) in [5.74, 6) is -0.139. The zero-order valence-electron chi connectivity index (χ0n) is 11.1. The van der Waals surface area contributed by atoms with Crippen molar-refractivity contribution in [3.63, 3.8) is 0 Å². The number of carbonyl (C=O) groups is 1. The zero-order chi connectivity index (χ0) is 13.8. The normalized spacial score (nSPS) is 16.4. The summed E-state index contributed by atoms with van der Waals surface area (Å²) in [5.41, 5.74) is 8.47. The van der Waals surface area contributed by atoms with E-state index in [0.717, 1.165) is 37.2 Å². The molecule has 104 valence electrons. The molecule has 1 fully saturated rings. The minimum absolute atomic E-state index is 0.00586. The van der Waals surface area contributed by atoms with Gasteiger partial charge in [0, 0.05) is 13.1 Å². The minimum Gasteiger partial charge on any atom is -0.469 e. The van der Waals surface area contributed by atoms with E-state index in [1.807, 2.05) is 18.2 Å². The van der Waals surface area contributed by atoms with Crippen LogP contribution in [0.2, 0.25) is 0 Å². The molecule has 0 amide bonds. The quantitative estimate of drug-likeness (QED) is 0.632. The zero-order valence-corrected chi connectivity index (χ0v) is 11.1. The first-order chi connectivity index (χ1) is 9.15. The largest absolute Gasteiger partial charge is 0.469 e. The summed E-state index contributed by atoms with van der Waals surface area (Å²) in [6, 6.07) is 5.54. The molecule has 0 saturated carbocycles. The standard InChI is InChI=1S/C14H20N2O3/c1-19-14(18)11-4-6-16(7-5-11)13-8-10(9-17)2-3-12(13)15/h2-3,8,11,17H,4-7,9,15H2,1H3. The molecule has 1 aliphatic heterocycles. The molecular formula is C14H20N2O3. The molecule has 0 atom stereocenters. The first-order valence-corrected chi connectivity index (χ1v) is 6.47. The molecule has 0 bridgehead atoms. The van der Waals surface area contributed by atoms with Crippen LogP contribution >= 0.6 is 0 Å². The van der Waals surface area contributed by atoms with Crippen molar-refractivity contribution < 1.29 is 14.6 Å². The third kappa shape index (κ3) is 2.98.